The molecule has 1 aliphatic heterocycles. The maximum atomic E-state index is 4.16. The summed E-state index contributed by atoms with van der Waals surface area (Å²) in [5, 5.41) is 3.53. The lowest BCUT2D eigenvalue weighted by Crippen LogP contribution is -2.44. The van der Waals surface area contributed by atoms with Crippen LogP contribution in [-0.2, 0) is 13.1 Å². The van der Waals surface area contributed by atoms with Crippen molar-refractivity contribution >= 4 is 5.69 Å². The number of nitrogens with zero attached hydrogens (tertiary/aromatic N) is 3. The van der Waals surface area contributed by atoms with Gasteiger partial charge in [-0.3, -0.25) is 4.98 Å². The highest BCUT2D eigenvalue weighted by molar-refractivity contribution is 5.54. The SMILES string of the molecule is CN1CCN(c2ccccc2CNCc2cccnc2)CC1. The molecule has 22 heavy (non-hydrogen) atoms. The lowest BCUT2D eigenvalue weighted by atomic mass is 10.1. The van der Waals surface area contributed by atoms with Crippen molar-refractivity contribution in [3.8, 4) is 0 Å². The summed E-state index contributed by atoms with van der Waals surface area (Å²) in [6.07, 6.45) is 3.73. The summed E-state index contributed by atoms with van der Waals surface area (Å²) >= 11 is 0. The van der Waals surface area contributed by atoms with E-state index in [4.69, 9.17) is 0 Å². The number of anilines is 1. The largest absolute Gasteiger partial charge is 0.369 e. The fraction of sp³-hybridized carbons (Fsp3) is 0.389. The third-order valence-electron chi connectivity index (χ3n) is 4.20. The smallest absolute Gasteiger partial charge is 0.0412 e. The molecular formula is C18H24N4. The van der Waals surface area contributed by atoms with Crippen molar-refractivity contribution in [2.45, 2.75) is 13.1 Å². The molecule has 0 amide bonds. The minimum absolute atomic E-state index is 0.852. The first-order chi connectivity index (χ1) is 10.8. The highest BCUT2D eigenvalue weighted by Crippen LogP contribution is 2.21. The van der Waals surface area contributed by atoms with Gasteiger partial charge in [0.25, 0.3) is 0 Å². The van der Waals surface area contributed by atoms with Gasteiger partial charge < -0.3 is 15.1 Å². The third-order valence-corrected chi connectivity index (χ3v) is 4.20. The van der Waals surface area contributed by atoms with Gasteiger partial charge in [-0.25, -0.2) is 0 Å². The molecule has 4 nitrogen and oxygen atoms in total. The van der Waals surface area contributed by atoms with Gasteiger partial charge in [-0.1, -0.05) is 24.3 Å². The predicted octanol–water partition coefficient (Wildman–Crippen LogP) is 2.12. The molecule has 1 aliphatic rings. The van der Waals surface area contributed by atoms with Gasteiger partial charge in [-0.15, -0.1) is 0 Å². The van der Waals surface area contributed by atoms with Crippen LogP contribution in [0.3, 0.4) is 0 Å². The summed E-state index contributed by atoms with van der Waals surface area (Å²) in [7, 11) is 2.19. The molecule has 0 atom stereocenters. The van der Waals surface area contributed by atoms with Crippen molar-refractivity contribution < 1.29 is 0 Å². The van der Waals surface area contributed by atoms with Crippen molar-refractivity contribution in [1.82, 2.24) is 15.2 Å². The second-order valence-corrected chi connectivity index (χ2v) is 5.88. The van der Waals surface area contributed by atoms with Gasteiger partial charge >= 0.3 is 0 Å². The Hall–Kier alpha value is -1.91. The van der Waals surface area contributed by atoms with E-state index in [1.165, 1.54) is 16.8 Å². The van der Waals surface area contributed by atoms with Crippen LogP contribution in [-0.4, -0.2) is 43.1 Å². The monoisotopic (exact) mass is 296 g/mol. The Bertz CT molecular complexity index is 577. The average molecular weight is 296 g/mol. The van der Waals surface area contributed by atoms with Gasteiger partial charge in [0, 0.05) is 57.3 Å². The average Bonchev–Trinajstić information content (AvgIpc) is 2.57. The summed E-state index contributed by atoms with van der Waals surface area (Å²) in [5.41, 5.74) is 3.96. The zero-order chi connectivity index (χ0) is 15.2. The van der Waals surface area contributed by atoms with E-state index in [1.54, 1.807) is 0 Å². The van der Waals surface area contributed by atoms with Gasteiger partial charge in [0.2, 0.25) is 0 Å². The number of piperazine rings is 1. The van der Waals surface area contributed by atoms with E-state index in [0.29, 0.717) is 0 Å². The van der Waals surface area contributed by atoms with Crippen molar-refractivity contribution in [3.05, 3.63) is 59.9 Å². The first kappa shape index (κ1) is 15.0. The standard InChI is InChI=1S/C18H24N4/c1-21-9-11-22(12-10-21)18-7-3-2-6-17(18)15-20-14-16-5-4-8-19-13-16/h2-8,13,20H,9-12,14-15H2,1H3. The van der Waals surface area contributed by atoms with Crippen molar-refractivity contribution in [1.29, 1.82) is 0 Å². The molecule has 0 unspecified atom stereocenters. The molecule has 3 rings (SSSR count). The number of pyridine rings is 1. The molecule has 0 aliphatic carbocycles. The minimum Gasteiger partial charge on any atom is -0.369 e. The fourth-order valence-electron chi connectivity index (χ4n) is 2.86. The van der Waals surface area contributed by atoms with E-state index < -0.39 is 0 Å². The molecule has 1 aromatic heterocycles. The zero-order valence-electron chi connectivity index (χ0n) is 13.2. The molecule has 0 spiro atoms. The molecule has 1 aromatic carbocycles. The molecule has 1 fully saturated rings. The number of hydrogen-bond donors (Lipinski definition) is 1. The second kappa shape index (κ2) is 7.38. The van der Waals surface area contributed by atoms with Crippen molar-refractivity contribution in [2.75, 3.05) is 38.1 Å². The number of likely N-dealkylation sites (N-methyl/N-ethyl adjacent to an activating group) is 1. The van der Waals surface area contributed by atoms with Gasteiger partial charge in [-0.05, 0) is 30.3 Å². The molecule has 116 valence electrons. The predicted molar refractivity (Wildman–Crippen MR) is 90.9 cm³/mol. The van der Waals surface area contributed by atoms with E-state index in [9.17, 15) is 0 Å². The Morgan fingerprint density at radius 1 is 1.00 bits per heavy atom. The Kier molecular flexibility index (Phi) is 5.03. The quantitative estimate of drug-likeness (QED) is 0.916. The molecule has 2 aromatic rings. The first-order valence-electron chi connectivity index (χ1n) is 7.94. The summed E-state index contributed by atoms with van der Waals surface area (Å²) in [6, 6.07) is 12.8. The lowest BCUT2D eigenvalue weighted by Gasteiger charge is -2.35. The van der Waals surface area contributed by atoms with Crippen LogP contribution in [0.5, 0.6) is 0 Å². The third kappa shape index (κ3) is 3.84. The molecular weight excluding hydrogens is 272 g/mol. The van der Waals surface area contributed by atoms with Crippen LogP contribution in [0.25, 0.3) is 0 Å². The van der Waals surface area contributed by atoms with Crippen LogP contribution in [0.1, 0.15) is 11.1 Å². The van der Waals surface area contributed by atoms with Gasteiger partial charge in [0.15, 0.2) is 0 Å². The van der Waals surface area contributed by atoms with Gasteiger partial charge in [0.1, 0.15) is 0 Å². The molecule has 2 heterocycles. The number of hydrogen-bond acceptors (Lipinski definition) is 4. The topological polar surface area (TPSA) is 31.4 Å². The van der Waals surface area contributed by atoms with Crippen LogP contribution in [0.4, 0.5) is 5.69 Å². The molecule has 0 saturated carbocycles. The number of rotatable bonds is 5. The van der Waals surface area contributed by atoms with Crippen LogP contribution >= 0.6 is 0 Å². The normalized spacial score (nSPS) is 16.0. The lowest BCUT2D eigenvalue weighted by molar-refractivity contribution is 0.312. The summed E-state index contributed by atoms with van der Waals surface area (Å²) in [4.78, 5) is 9.05. The van der Waals surface area contributed by atoms with Crippen molar-refractivity contribution in [2.24, 2.45) is 0 Å². The van der Waals surface area contributed by atoms with Gasteiger partial charge in [-0.2, -0.15) is 0 Å². The molecule has 1 N–H and O–H groups in total. The van der Waals surface area contributed by atoms with Crippen LogP contribution in [0.15, 0.2) is 48.8 Å². The first-order valence-corrected chi connectivity index (χ1v) is 7.94. The number of nitrogens with one attached hydrogen (secondary N) is 1. The van der Waals surface area contributed by atoms with E-state index in [-0.39, 0.29) is 0 Å². The Morgan fingerprint density at radius 3 is 2.59 bits per heavy atom. The van der Waals surface area contributed by atoms with Crippen molar-refractivity contribution in [3.63, 3.8) is 0 Å². The molecule has 0 bridgehead atoms. The highest BCUT2D eigenvalue weighted by Gasteiger charge is 2.16. The number of aromatic nitrogens is 1. The molecule has 0 radical (unpaired) electrons. The van der Waals surface area contributed by atoms with Crippen LogP contribution in [0.2, 0.25) is 0 Å². The zero-order valence-corrected chi connectivity index (χ0v) is 13.2. The van der Waals surface area contributed by atoms with Crippen LogP contribution < -0.4 is 10.2 Å². The Labute approximate surface area is 132 Å². The maximum absolute atomic E-state index is 4.16. The molecule has 1 saturated heterocycles. The Balaban J connectivity index is 1.61. The number of benzene rings is 1. The fourth-order valence-corrected chi connectivity index (χ4v) is 2.86. The highest BCUT2D eigenvalue weighted by atomic mass is 15.2. The second-order valence-electron chi connectivity index (χ2n) is 5.88. The minimum atomic E-state index is 0.852. The number of para-hydroxylation sites is 1. The maximum Gasteiger partial charge on any atom is 0.0412 e. The summed E-state index contributed by atoms with van der Waals surface area (Å²) < 4.78 is 0. The van der Waals surface area contributed by atoms with E-state index in [2.05, 4.69) is 57.5 Å². The molecule has 4 heteroatoms. The summed E-state index contributed by atoms with van der Waals surface area (Å²) in [5.74, 6) is 0. The van der Waals surface area contributed by atoms with Gasteiger partial charge in [0.05, 0.1) is 0 Å². The van der Waals surface area contributed by atoms with E-state index >= 15 is 0 Å². The van der Waals surface area contributed by atoms with E-state index in [0.717, 1.165) is 39.3 Å². The van der Waals surface area contributed by atoms with Crippen LogP contribution in [0, 0.1) is 0 Å². The summed E-state index contributed by atoms with van der Waals surface area (Å²) in [6.45, 7) is 6.23. The van der Waals surface area contributed by atoms with E-state index in [1.807, 2.05) is 18.5 Å². The Morgan fingerprint density at radius 2 is 1.82 bits per heavy atom.